The Labute approximate surface area is 462 Å². The number of rotatable bonds is 15. The Bertz CT molecular complexity index is 3920. The van der Waals surface area contributed by atoms with Gasteiger partial charge in [-0.25, -0.2) is 24.9 Å². The maximum Gasteiger partial charge on any atom is 0.164 e. The third kappa shape index (κ3) is 10.0. The average molecular weight is 1030 g/mol. The van der Waals surface area contributed by atoms with Crippen LogP contribution < -0.4 is 4.90 Å². The fraction of sp³-hybridized carbons (Fsp3) is 0.143. The minimum absolute atomic E-state index is 0.428. The van der Waals surface area contributed by atoms with Crippen molar-refractivity contribution < 1.29 is 0 Å². The topological polar surface area (TPSA) is 89.9 Å². The fourth-order valence-corrected chi connectivity index (χ4v) is 10.4. The summed E-state index contributed by atoms with van der Waals surface area (Å²) in [5.74, 6) is 4.71. The van der Waals surface area contributed by atoms with Gasteiger partial charge in [-0.1, -0.05) is 187 Å². The van der Waals surface area contributed by atoms with E-state index in [1.54, 1.807) is 0 Å². The summed E-state index contributed by atoms with van der Waals surface area (Å²) in [6.07, 6.45) is 0. The zero-order valence-electron chi connectivity index (χ0n) is 45.5. The highest BCUT2D eigenvalue weighted by atomic mass is 15.1. The minimum atomic E-state index is 0.428. The number of aromatic nitrogens is 7. The van der Waals surface area contributed by atoms with E-state index in [1.807, 2.05) is 30.3 Å². The fourth-order valence-electron chi connectivity index (χ4n) is 10.4. The molecule has 9 aromatic carbocycles. The number of nitrogens with zero attached hydrogens (tertiary/aromatic N) is 9. The molecule has 3 heterocycles. The molecule has 9 heteroatoms. The van der Waals surface area contributed by atoms with Crippen molar-refractivity contribution in [3.8, 4) is 68.3 Å². The first-order valence-corrected chi connectivity index (χ1v) is 27.2. The second-order valence-electron chi connectivity index (χ2n) is 21.1. The molecule has 0 bridgehead atoms. The predicted octanol–water partition coefficient (Wildman–Crippen LogP) is 17.9. The van der Waals surface area contributed by atoms with Gasteiger partial charge in [0.15, 0.2) is 17.5 Å². The SMILES string of the molecule is C=Nc1ccccc1N(Cc1ccc(-c2nc(-c3ccc(-c4nc5ccccc5n4-c4ccc(C(C)C)cc4)cc3)nc(-c3ccc(-c4nc5ccccc5n4-c4ccc(C(C)C)cc4)cc3)n2)cc1)c1ccc(C(C)C)cc1. The van der Waals surface area contributed by atoms with Crippen LogP contribution >= 0.6 is 0 Å². The van der Waals surface area contributed by atoms with Crippen LogP contribution in [0.15, 0.2) is 223 Å². The highest BCUT2D eigenvalue weighted by Gasteiger charge is 2.20. The molecule has 0 spiro atoms. The molecule has 0 aliphatic heterocycles. The summed E-state index contributed by atoms with van der Waals surface area (Å²) < 4.78 is 4.49. The number of benzene rings is 9. The highest BCUT2D eigenvalue weighted by molar-refractivity contribution is 5.85. The van der Waals surface area contributed by atoms with Crippen LogP contribution in [0.25, 0.3) is 90.4 Å². The van der Waals surface area contributed by atoms with E-state index in [4.69, 9.17) is 24.9 Å². The van der Waals surface area contributed by atoms with Gasteiger partial charge in [0.2, 0.25) is 0 Å². The Morgan fingerprint density at radius 1 is 0.392 bits per heavy atom. The lowest BCUT2D eigenvalue weighted by Crippen LogP contribution is -2.16. The number of hydrogen-bond donors (Lipinski definition) is 0. The lowest BCUT2D eigenvalue weighted by atomic mass is 10.0. The van der Waals surface area contributed by atoms with Gasteiger partial charge >= 0.3 is 0 Å². The number of para-hydroxylation sites is 6. The Kier molecular flexibility index (Phi) is 13.6. The molecule has 79 heavy (non-hydrogen) atoms. The van der Waals surface area contributed by atoms with E-state index in [0.717, 1.165) is 95.5 Å². The molecule has 3 aromatic heterocycles. The van der Waals surface area contributed by atoms with E-state index in [-0.39, 0.29) is 0 Å². The van der Waals surface area contributed by atoms with Crippen LogP contribution in [-0.4, -0.2) is 40.8 Å². The molecule has 0 aliphatic rings. The summed E-state index contributed by atoms with van der Waals surface area (Å²) in [5.41, 5.74) is 18.5. The summed E-state index contributed by atoms with van der Waals surface area (Å²) in [6.45, 7) is 17.8. The number of anilines is 2. The summed E-state index contributed by atoms with van der Waals surface area (Å²) in [4.78, 5) is 32.7. The van der Waals surface area contributed by atoms with Crippen molar-refractivity contribution >= 4 is 45.8 Å². The van der Waals surface area contributed by atoms with Gasteiger partial charge in [0.25, 0.3) is 0 Å². The van der Waals surface area contributed by atoms with Crippen molar-refractivity contribution in [3.05, 3.63) is 241 Å². The van der Waals surface area contributed by atoms with E-state index in [9.17, 15) is 0 Å². The van der Waals surface area contributed by atoms with Crippen molar-refractivity contribution in [3.63, 3.8) is 0 Å². The molecule has 0 amide bonds. The molecular weight excluding hydrogens is 967 g/mol. The number of hydrogen-bond acceptors (Lipinski definition) is 7. The molecule has 0 aliphatic carbocycles. The van der Waals surface area contributed by atoms with Crippen LogP contribution in [0.1, 0.15) is 81.5 Å². The molecule has 9 nitrogen and oxygen atoms in total. The van der Waals surface area contributed by atoms with Crippen molar-refractivity contribution in [1.29, 1.82) is 0 Å². The van der Waals surface area contributed by atoms with Crippen LogP contribution in [0.4, 0.5) is 17.1 Å². The van der Waals surface area contributed by atoms with Crippen LogP contribution in [0.2, 0.25) is 0 Å². The maximum atomic E-state index is 5.22. The van der Waals surface area contributed by atoms with Gasteiger partial charge in [0, 0.05) is 51.4 Å². The third-order valence-electron chi connectivity index (χ3n) is 15.0. The largest absolute Gasteiger partial charge is 0.335 e. The number of imidazole rings is 2. The van der Waals surface area contributed by atoms with Gasteiger partial charge in [0.1, 0.15) is 11.6 Å². The maximum absolute atomic E-state index is 5.22. The molecule has 0 fully saturated rings. The minimum Gasteiger partial charge on any atom is -0.335 e. The zero-order chi connectivity index (χ0) is 54.1. The predicted molar refractivity (Wildman–Crippen MR) is 326 cm³/mol. The molecule has 12 rings (SSSR count). The quantitative estimate of drug-likeness (QED) is 0.0951. The van der Waals surface area contributed by atoms with Gasteiger partial charge < -0.3 is 4.90 Å². The molecule has 0 unspecified atom stereocenters. The summed E-state index contributed by atoms with van der Waals surface area (Å²) >= 11 is 0. The van der Waals surface area contributed by atoms with Gasteiger partial charge in [-0.15, -0.1) is 0 Å². The lowest BCUT2D eigenvalue weighted by molar-refractivity contribution is 0.865. The molecule has 12 aromatic rings. The normalized spacial score (nSPS) is 11.6. The summed E-state index contributed by atoms with van der Waals surface area (Å²) in [6, 6.07) is 76.6. The molecule has 0 saturated heterocycles. The summed E-state index contributed by atoms with van der Waals surface area (Å²) in [7, 11) is 0. The number of fused-ring (bicyclic) bond motifs is 2. The molecule has 0 saturated carbocycles. The Balaban J connectivity index is 0.928. The molecule has 0 atom stereocenters. The van der Waals surface area contributed by atoms with Crippen molar-refractivity contribution in [1.82, 2.24) is 34.1 Å². The van der Waals surface area contributed by atoms with Crippen molar-refractivity contribution in [2.75, 3.05) is 4.90 Å². The molecule has 0 N–H and O–H groups in total. The highest BCUT2D eigenvalue weighted by Crippen LogP contribution is 2.38. The van der Waals surface area contributed by atoms with E-state index in [0.29, 0.717) is 41.8 Å². The second-order valence-corrected chi connectivity index (χ2v) is 21.1. The van der Waals surface area contributed by atoms with Gasteiger partial charge in [-0.2, -0.15) is 0 Å². The monoisotopic (exact) mass is 1030 g/mol. The Morgan fingerprint density at radius 2 is 0.759 bits per heavy atom. The molecule has 386 valence electrons. The number of aliphatic imine (C=N–C) groups is 1. The lowest BCUT2D eigenvalue weighted by Gasteiger charge is -2.27. The first-order chi connectivity index (χ1) is 38.6. The Morgan fingerprint density at radius 3 is 1.18 bits per heavy atom. The van der Waals surface area contributed by atoms with Gasteiger partial charge in [0.05, 0.1) is 33.4 Å². The molecular formula is C70H61N9. The smallest absolute Gasteiger partial charge is 0.164 e. The average Bonchev–Trinajstić information content (AvgIpc) is 4.23. The van der Waals surface area contributed by atoms with Crippen LogP contribution in [0.3, 0.4) is 0 Å². The van der Waals surface area contributed by atoms with Crippen LogP contribution in [0.5, 0.6) is 0 Å². The zero-order valence-corrected chi connectivity index (χ0v) is 45.5. The van der Waals surface area contributed by atoms with E-state index in [1.165, 1.54) is 16.7 Å². The second kappa shape index (κ2) is 21.4. The first kappa shape index (κ1) is 50.2. The van der Waals surface area contributed by atoms with Crippen molar-refractivity contribution in [2.45, 2.75) is 65.8 Å². The van der Waals surface area contributed by atoms with E-state index < -0.39 is 0 Å². The van der Waals surface area contributed by atoms with Gasteiger partial charge in [-0.3, -0.25) is 14.1 Å². The van der Waals surface area contributed by atoms with Gasteiger partial charge in [-0.05, 0) is 120 Å². The van der Waals surface area contributed by atoms with E-state index >= 15 is 0 Å². The van der Waals surface area contributed by atoms with Crippen molar-refractivity contribution in [2.24, 2.45) is 4.99 Å². The van der Waals surface area contributed by atoms with Crippen LogP contribution in [0, 0.1) is 0 Å². The van der Waals surface area contributed by atoms with Crippen LogP contribution in [-0.2, 0) is 6.54 Å². The summed E-state index contributed by atoms with van der Waals surface area (Å²) in [5, 5.41) is 0. The molecule has 0 radical (unpaired) electrons. The third-order valence-corrected chi connectivity index (χ3v) is 15.0. The first-order valence-electron chi connectivity index (χ1n) is 27.2. The van der Waals surface area contributed by atoms with E-state index in [2.05, 4.69) is 255 Å². The Hall–Kier alpha value is -9.60. The standard InChI is InChI=1S/C70H61N9/c1-45(2)49-32-38-57(39-33-49)77(63-17-11-8-14-60(63)71-7)44-48-20-22-52(23-21-48)66-74-67(53-24-28-55(29-25-53)69-72-61-15-9-12-18-64(61)78(69)58-40-34-50(35-41-58)46(3)4)76-68(75-66)54-26-30-56(31-27-54)70-73-62-16-10-13-19-65(62)79(70)59-42-36-51(37-43-59)47(5)6/h8-43,45-47H,7,44H2,1-6H3.